The van der Waals surface area contributed by atoms with Crippen molar-refractivity contribution in [2.45, 2.75) is 349 Å². The van der Waals surface area contributed by atoms with E-state index in [1.165, 1.54) is 141 Å². The number of phosphoric acid groups is 2. The number of aliphatic hydroxyl groups is 1. The SMILES string of the molecule is CCCCCCCCCCCCCCCCC(=O)OC[C@H](COP(=O)(O)OC[C@@H](O)COP(=O)(O)OC[C@@H](COC(=O)CCCCCCC)OC(=O)CCCCCCCCC(C)CC)OC(=O)CCCCCCCCCCCCCCCC(C)C. The largest absolute Gasteiger partial charge is 0.472 e. The predicted octanol–water partition coefficient (Wildman–Crippen LogP) is 18.4. The zero-order chi connectivity index (χ0) is 62.9. The van der Waals surface area contributed by atoms with Gasteiger partial charge in [-0.25, -0.2) is 9.13 Å². The first-order valence-electron chi connectivity index (χ1n) is 34.5. The van der Waals surface area contributed by atoms with Crippen LogP contribution < -0.4 is 0 Å². The van der Waals surface area contributed by atoms with Crippen LogP contribution in [-0.4, -0.2) is 96.7 Å². The quantitative estimate of drug-likeness (QED) is 0.0222. The molecule has 85 heavy (non-hydrogen) atoms. The molecule has 0 saturated heterocycles. The van der Waals surface area contributed by atoms with Crippen LogP contribution in [0.5, 0.6) is 0 Å². The molecule has 0 aliphatic rings. The Bertz CT molecular complexity index is 1670. The van der Waals surface area contributed by atoms with Crippen LogP contribution in [0.3, 0.4) is 0 Å². The molecule has 0 radical (unpaired) electrons. The molecule has 0 fully saturated rings. The van der Waals surface area contributed by atoms with E-state index in [0.29, 0.717) is 25.7 Å². The number of unbranched alkanes of at least 4 members (excludes halogenated alkanes) is 34. The van der Waals surface area contributed by atoms with Gasteiger partial charge in [0.2, 0.25) is 0 Å². The Labute approximate surface area is 517 Å². The zero-order valence-corrected chi connectivity index (χ0v) is 56.7. The van der Waals surface area contributed by atoms with Crippen molar-refractivity contribution in [3.63, 3.8) is 0 Å². The summed E-state index contributed by atoms with van der Waals surface area (Å²) in [6.45, 7) is 9.40. The highest BCUT2D eigenvalue weighted by Crippen LogP contribution is 2.45. The topological polar surface area (TPSA) is 237 Å². The minimum Gasteiger partial charge on any atom is -0.462 e. The van der Waals surface area contributed by atoms with E-state index in [2.05, 4.69) is 41.5 Å². The van der Waals surface area contributed by atoms with Gasteiger partial charge in [0.15, 0.2) is 12.2 Å². The standard InChI is InChI=1S/C66H128O17P2/c1-7-10-12-14-15-16-17-18-21-24-27-30-37-43-49-64(69)77-55-62(82-65(70)50-44-38-31-28-25-22-19-20-23-26-29-35-40-46-58(4)5)57-81-85(74,75)79-53-60(67)52-78-84(72,73)80-56-61(54-76-63(68)48-42-34-13-11-8-2)83-66(71)51-45-39-33-32-36-41-47-59(6)9-3/h58-62,67H,7-57H2,1-6H3,(H,72,73)(H,74,75)/t59?,60-,61+,62+/m0/s1. The Morgan fingerprint density at radius 1 is 0.341 bits per heavy atom. The minimum atomic E-state index is -4.95. The van der Waals surface area contributed by atoms with Gasteiger partial charge in [0.25, 0.3) is 0 Å². The highest BCUT2D eigenvalue weighted by molar-refractivity contribution is 7.47. The van der Waals surface area contributed by atoms with Crippen LogP contribution in [0, 0.1) is 11.8 Å². The lowest BCUT2D eigenvalue weighted by Gasteiger charge is -2.21. The van der Waals surface area contributed by atoms with Crippen LogP contribution in [-0.2, 0) is 65.4 Å². The lowest BCUT2D eigenvalue weighted by Crippen LogP contribution is -2.30. The molecule has 0 amide bonds. The summed E-state index contributed by atoms with van der Waals surface area (Å²) in [6.07, 6.45) is 42.1. The fourth-order valence-electron chi connectivity index (χ4n) is 9.85. The Balaban J connectivity index is 5.17. The van der Waals surface area contributed by atoms with Crippen molar-refractivity contribution in [3.8, 4) is 0 Å². The van der Waals surface area contributed by atoms with Gasteiger partial charge >= 0.3 is 39.5 Å². The first kappa shape index (κ1) is 83.1. The Hall–Kier alpha value is -1.94. The molecule has 3 N–H and O–H groups in total. The normalized spacial score (nSPS) is 14.6. The molecule has 0 rings (SSSR count). The van der Waals surface area contributed by atoms with Crippen LogP contribution in [0.25, 0.3) is 0 Å². The number of hydrogen-bond acceptors (Lipinski definition) is 15. The van der Waals surface area contributed by atoms with Crippen LogP contribution in [0.2, 0.25) is 0 Å². The third-order valence-corrected chi connectivity index (χ3v) is 17.5. The second-order valence-corrected chi connectivity index (χ2v) is 27.5. The van der Waals surface area contributed by atoms with E-state index in [4.69, 9.17) is 37.0 Å². The van der Waals surface area contributed by atoms with Gasteiger partial charge in [-0.1, -0.05) is 279 Å². The maximum atomic E-state index is 13.0. The Morgan fingerprint density at radius 3 is 0.894 bits per heavy atom. The summed E-state index contributed by atoms with van der Waals surface area (Å²) in [6, 6.07) is 0. The van der Waals surface area contributed by atoms with Gasteiger partial charge in [0.05, 0.1) is 26.4 Å². The minimum absolute atomic E-state index is 0.102. The van der Waals surface area contributed by atoms with E-state index < -0.39 is 97.5 Å². The molecule has 19 heteroatoms. The molecule has 6 atom stereocenters. The second kappa shape index (κ2) is 58.4. The average Bonchev–Trinajstić information content (AvgIpc) is 3.56. The average molecular weight is 1260 g/mol. The Morgan fingerprint density at radius 2 is 0.600 bits per heavy atom. The summed E-state index contributed by atoms with van der Waals surface area (Å²) in [5.41, 5.74) is 0. The van der Waals surface area contributed by atoms with Gasteiger partial charge in [0.1, 0.15) is 19.3 Å². The molecule has 0 aromatic rings. The van der Waals surface area contributed by atoms with Crippen molar-refractivity contribution in [2.75, 3.05) is 39.6 Å². The fourth-order valence-corrected chi connectivity index (χ4v) is 11.4. The number of esters is 4. The molecule has 0 heterocycles. The van der Waals surface area contributed by atoms with Crippen molar-refractivity contribution in [1.29, 1.82) is 0 Å². The number of aliphatic hydroxyl groups excluding tert-OH is 1. The van der Waals surface area contributed by atoms with Gasteiger partial charge in [-0.2, -0.15) is 0 Å². The monoisotopic (exact) mass is 1250 g/mol. The van der Waals surface area contributed by atoms with Crippen LogP contribution in [0.1, 0.15) is 330 Å². The molecule has 0 bridgehead atoms. The summed E-state index contributed by atoms with van der Waals surface area (Å²) < 4.78 is 67.9. The van der Waals surface area contributed by atoms with Gasteiger partial charge in [-0.15, -0.1) is 0 Å². The van der Waals surface area contributed by atoms with E-state index in [9.17, 15) is 43.2 Å². The molecule has 0 spiro atoms. The van der Waals surface area contributed by atoms with Crippen LogP contribution in [0.4, 0.5) is 0 Å². The van der Waals surface area contributed by atoms with Crippen LogP contribution >= 0.6 is 15.6 Å². The summed E-state index contributed by atoms with van der Waals surface area (Å²) in [7, 11) is -9.88. The molecule has 0 saturated carbocycles. The van der Waals surface area contributed by atoms with E-state index in [1.807, 2.05) is 0 Å². The molecule has 504 valence electrons. The van der Waals surface area contributed by atoms with E-state index in [0.717, 1.165) is 108 Å². The van der Waals surface area contributed by atoms with Crippen molar-refractivity contribution in [1.82, 2.24) is 0 Å². The zero-order valence-electron chi connectivity index (χ0n) is 54.9. The van der Waals surface area contributed by atoms with Gasteiger partial charge in [0, 0.05) is 25.7 Å². The van der Waals surface area contributed by atoms with E-state index >= 15 is 0 Å². The highest BCUT2D eigenvalue weighted by atomic mass is 31.2. The lowest BCUT2D eigenvalue weighted by molar-refractivity contribution is -0.161. The first-order chi connectivity index (χ1) is 40.9. The molecule has 0 aromatic carbocycles. The van der Waals surface area contributed by atoms with Crippen molar-refractivity contribution in [2.24, 2.45) is 11.8 Å². The lowest BCUT2D eigenvalue weighted by atomic mass is 10.00. The van der Waals surface area contributed by atoms with Crippen molar-refractivity contribution in [3.05, 3.63) is 0 Å². The molecule has 17 nitrogen and oxygen atoms in total. The van der Waals surface area contributed by atoms with Crippen molar-refractivity contribution < 1.29 is 80.2 Å². The van der Waals surface area contributed by atoms with Gasteiger partial charge in [-0.05, 0) is 37.5 Å². The van der Waals surface area contributed by atoms with E-state index in [-0.39, 0.29) is 25.7 Å². The van der Waals surface area contributed by atoms with E-state index in [1.54, 1.807) is 0 Å². The summed E-state index contributed by atoms with van der Waals surface area (Å²) >= 11 is 0. The molecular formula is C66H128O17P2. The predicted molar refractivity (Wildman–Crippen MR) is 340 cm³/mol. The van der Waals surface area contributed by atoms with Gasteiger partial charge in [-0.3, -0.25) is 37.3 Å². The van der Waals surface area contributed by atoms with Crippen LogP contribution in [0.15, 0.2) is 0 Å². The Kier molecular flexibility index (Phi) is 57.1. The molecule has 0 aliphatic heterocycles. The molecule has 0 aliphatic carbocycles. The fraction of sp³-hybridized carbons (Fsp3) is 0.939. The number of ether oxygens (including phenoxy) is 4. The second-order valence-electron chi connectivity index (χ2n) is 24.6. The number of carbonyl (C=O) groups excluding carboxylic acids is 4. The maximum absolute atomic E-state index is 13.0. The summed E-state index contributed by atoms with van der Waals surface area (Å²) in [5.74, 6) is -0.635. The summed E-state index contributed by atoms with van der Waals surface area (Å²) in [4.78, 5) is 72.1. The third-order valence-electron chi connectivity index (χ3n) is 15.6. The smallest absolute Gasteiger partial charge is 0.462 e. The molecular weight excluding hydrogens is 1130 g/mol. The molecule has 3 unspecified atom stereocenters. The van der Waals surface area contributed by atoms with Gasteiger partial charge < -0.3 is 33.8 Å². The first-order valence-corrected chi connectivity index (χ1v) is 37.5. The molecule has 0 aromatic heterocycles. The number of rotatable bonds is 65. The highest BCUT2D eigenvalue weighted by Gasteiger charge is 2.30. The number of hydrogen-bond donors (Lipinski definition) is 3. The maximum Gasteiger partial charge on any atom is 0.472 e. The number of carbonyl (C=O) groups is 4. The third kappa shape index (κ3) is 59.5. The van der Waals surface area contributed by atoms with Crippen molar-refractivity contribution >= 4 is 39.5 Å². The number of phosphoric ester groups is 2. The summed E-state index contributed by atoms with van der Waals surface area (Å²) in [5, 5.41) is 10.5.